The molecular weight excluding hydrogens is 430 g/mol. The number of hydrogen-bond acceptors (Lipinski definition) is 5. The second-order valence-electron chi connectivity index (χ2n) is 8.95. The maximum atomic E-state index is 13.3. The van der Waals surface area contributed by atoms with Crippen molar-refractivity contribution in [3.8, 4) is 22.6 Å². The molecule has 0 aromatic heterocycles. The Morgan fingerprint density at radius 2 is 1.76 bits per heavy atom. The van der Waals surface area contributed by atoms with Crippen LogP contribution in [0, 0.1) is 5.41 Å². The number of aliphatic hydroxyl groups excluding tert-OH is 1. The number of anilines is 1. The van der Waals surface area contributed by atoms with Gasteiger partial charge in [0.2, 0.25) is 12.7 Å². The third-order valence-corrected chi connectivity index (χ3v) is 6.56. The average molecular weight is 458 g/mol. The summed E-state index contributed by atoms with van der Waals surface area (Å²) in [6.07, 6.45) is 1.55. The summed E-state index contributed by atoms with van der Waals surface area (Å²) in [6, 6.07) is 18.9. The summed E-state index contributed by atoms with van der Waals surface area (Å²) in [5, 5.41) is 21.1. The Morgan fingerprint density at radius 1 is 1.03 bits per heavy atom. The van der Waals surface area contributed by atoms with E-state index in [9.17, 15) is 9.90 Å². The number of nitrogens with one attached hydrogen (secondary N) is 2. The molecule has 1 aliphatic heterocycles. The Morgan fingerprint density at radius 3 is 2.44 bits per heavy atom. The number of hydrogen-bond donors (Lipinski definition) is 3. The first-order valence-corrected chi connectivity index (χ1v) is 11.2. The number of carbonyl (C=O) groups excluding carboxylic acids is 1. The van der Waals surface area contributed by atoms with Crippen LogP contribution < -0.4 is 14.8 Å². The highest BCUT2D eigenvalue weighted by atomic mass is 16.7. The highest BCUT2D eigenvalue weighted by molar-refractivity contribution is 6.02. The van der Waals surface area contributed by atoms with Crippen molar-refractivity contribution in [1.29, 1.82) is 5.41 Å². The van der Waals surface area contributed by atoms with Crippen LogP contribution in [0.4, 0.5) is 5.69 Å². The minimum Gasteiger partial charge on any atom is -0.454 e. The van der Waals surface area contributed by atoms with Crippen LogP contribution in [0.25, 0.3) is 11.1 Å². The molecule has 7 heteroatoms. The van der Waals surface area contributed by atoms with Crippen LogP contribution in [0.3, 0.4) is 0 Å². The highest BCUT2D eigenvalue weighted by Gasteiger charge is 2.51. The molecule has 5 rings (SSSR count). The van der Waals surface area contributed by atoms with Crippen molar-refractivity contribution < 1.29 is 19.4 Å². The van der Waals surface area contributed by atoms with Gasteiger partial charge in [0, 0.05) is 25.3 Å². The number of benzene rings is 3. The van der Waals surface area contributed by atoms with Gasteiger partial charge >= 0.3 is 0 Å². The lowest BCUT2D eigenvalue weighted by atomic mass is 9.94. The summed E-state index contributed by atoms with van der Waals surface area (Å²) in [6.45, 7) is 0.0924. The van der Waals surface area contributed by atoms with Crippen LogP contribution in [-0.2, 0) is 16.8 Å². The molecule has 0 saturated heterocycles. The number of nitrogens with zero attached hydrogens (tertiary/aromatic N) is 1. The highest BCUT2D eigenvalue weighted by Crippen LogP contribution is 2.51. The fourth-order valence-electron chi connectivity index (χ4n) is 4.34. The van der Waals surface area contributed by atoms with Gasteiger partial charge in [0.1, 0.15) is 5.84 Å². The number of rotatable bonds is 6. The lowest BCUT2D eigenvalue weighted by Crippen LogP contribution is -2.27. The van der Waals surface area contributed by atoms with E-state index in [0.717, 1.165) is 40.7 Å². The summed E-state index contributed by atoms with van der Waals surface area (Å²) in [4.78, 5) is 15.1. The van der Waals surface area contributed by atoms with E-state index in [2.05, 4.69) is 5.32 Å². The second-order valence-corrected chi connectivity index (χ2v) is 8.95. The second kappa shape index (κ2) is 8.50. The molecule has 0 atom stereocenters. The van der Waals surface area contributed by atoms with Gasteiger partial charge in [-0.1, -0.05) is 36.4 Å². The molecule has 34 heavy (non-hydrogen) atoms. The first kappa shape index (κ1) is 22.0. The van der Waals surface area contributed by atoms with Crippen molar-refractivity contribution in [3.05, 3.63) is 77.4 Å². The van der Waals surface area contributed by atoms with Gasteiger partial charge in [-0.15, -0.1) is 0 Å². The number of amidine groups is 1. The third-order valence-electron chi connectivity index (χ3n) is 6.56. The zero-order chi connectivity index (χ0) is 23.9. The molecule has 2 aliphatic rings. The van der Waals surface area contributed by atoms with E-state index >= 15 is 0 Å². The van der Waals surface area contributed by atoms with Crippen LogP contribution in [0.15, 0.2) is 60.7 Å². The van der Waals surface area contributed by atoms with Gasteiger partial charge < -0.3 is 24.8 Å². The van der Waals surface area contributed by atoms with E-state index in [0.29, 0.717) is 23.0 Å². The van der Waals surface area contributed by atoms with Crippen LogP contribution in [0.5, 0.6) is 11.5 Å². The molecule has 1 aliphatic carbocycles. The summed E-state index contributed by atoms with van der Waals surface area (Å²) >= 11 is 0. The molecule has 1 saturated carbocycles. The van der Waals surface area contributed by atoms with Crippen molar-refractivity contribution >= 4 is 17.4 Å². The SMILES string of the molecule is CN(C)C(=N)c1ccc(-c2cc(NC(=O)C3(c4ccc5c(c4)OCO5)CC3)ccc2CO)cc1. The normalized spacial score (nSPS) is 15.0. The zero-order valence-corrected chi connectivity index (χ0v) is 19.2. The van der Waals surface area contributed by atoms with Gasteiger partial charge in [-0.3, -0.25) is 10.2 Å². The standard InChI is InChI=1S/C27H27N3O4/c1-30(2)25(28)18-5-3-17(4-6-18)22-14-21(9-7-19(22)15-31)29-26(32)27(11-12-27)20-8-10-23-24(13-20)34-16-33-23/h3-10,13-14,28,31H,11-12,15-16H2,1-2H3,(H,29,32). The first-order valence-electron chi connectivity index (χ1n) is 11.2. The first-order chi connectivity index (χ1) is 16.4. The average Bonchev–Trinajstić information content (AvgIpc) is 3.54. The maximum Gasteiger partial charge on any atom is 0.235 e. The molecule has 1 heterocycles. The molecule has 3 aromatic rings. The molecule has 0 bridgehead atoms. The molecular formula is C27H27N3O4. The van der Waals surface area contributed by atoms with Crippen molar-refractivity contribution in [2.24, 2.45) is 0 Å². The quantitative estimate of drug-likeness (QED) is 0.382. The zero-order valence-electron chi connectivity index (χ0n) is 19.2. The molecule has 3 aromatic carbocycles. The molecule has 1 fully saturated rings. The van der Waals surface area contributed by atoms with Crippen molar-refractivity contribution in [3.63, 3.8) is 0 Å². The Hall–Kier alpha value is -3.84. The molecule has 0 spiro atoms. The fraction of sp³-hybridized carbons (Fsp3) is 0.259. The van der Waals surface area contributed by atoms with Gasteiger partial charge in [0.05, 0.1) is 12.0 Å². The summed E-state index contributed by atoms with van der Waals surface area (Å²) in [5.74, 6) is 1.75. The monoisotopic (exact) mass is 457 g/mol. The molecule has 174 valence electrons. The van der Waals surface area contributed by atoms with Crippen LogP contribution in [-0.4, -0.2) is 42.6 Å². The van der Waals surface area contributed by atoms with E-state index < -0.39 is 5.41 Å². The number of ether oxygens (including phenoxy) is 2. The Bertz CT molecular complexity index is 1260. The van der Waals surface area contributed by atoms with E-state index in [1.54, 1.807) is 4.90 Å². The fourth-order valence-corrected chi connectivity index (χ4v) is 4.34. The minimum atomic E-state index is -0.565. The van der Waals surface area contributed by atoms with Crippen LogP contribution >= 0.6 is 0 Å². The Labute approximate surface area is 198 Å². The van der Waals surface area contributed by atoms with Gasteiger partial charge in [0.15, 0.2) is 11.5 Å². The van der Waals surface area contributed by atoms with E-state index in [1.807, 2.05) is 74.8 Å². The summed E-state index contributed by atoms with van der Waals surface area (Å²) in [5.41, 5.74) is 4.37. The number of carbonyl (C=O) groups is 1. The van der Waals surface area contributed by atoms with Crippen LogP contribution in [0.1, 0.15) is 29.5 Å². The number of aliphatic hydroxyl groups is 1. The van der Waals surface area contributed by atoms with Crippen molar-refractivity contribution in [2.45, 2.75) is 24.9 Å². The maximum absolute atomic E-state index is 13.3. The van der Waals surface area contributed by atoms with E-state index in [-0.39, 0.29) is 19.3 Å². The molecule has 1 amide bonds. The predicted octanol–water partition coefficient (Wildman–Crippen LogP) is 4.13. The van der Waals surface area contributed by atoms with E-state index in [4.69, 9.17) is 14.9 Å². The summed E-state index contributed by atoms with van der Waals surface area (Å²) < 4.78 is 10.9. The molecule has 0 radical (unpaired) electrons. The van der Waals surface area contributed by atoms with E-state index in [1.165, 1.54) is 0 Å². The smallest absolute Gasteiger partial charge is 0.235 e. The Kier molecular flexibility index (Phi) is 5.49. The molecule has 0 unspecified atom stereocenters. The van der Waals surface area contributed by atoms with Gasteiger partial charge in [0.25, 0.3) is 0 Å². The number of fused-ring (bicyclic) bond motifs is 1. The Balaban J connectivity index is 1.39. The minimum absolute atomic E-state index is 0.0520. The topological polar surface area (TPSA) is 94.9 Å². The van der Waals surface area contributed by atoms with Gasteiger partial charge in [-0.05, 0) is 59.4 Å². The largest absolute Gasteiger partial charge is 0.454 e. The lowest BCUT2D eigenvalue weighted by Gasteiger charge is -2.18. The predicted molar refractivity (Wildman–Crippen MR) is 130 cm³/mol. The third kappa shape index (κ3) is 3.88. The lowest BCUT2D eigenvalue weighted by molar-refractivity contribution is -0.118. The van der Waals surface area contributed by atoms with Gasteiger partial charge in [-0.2, -0.15) is 0 Å². The van der Waals surface area contributed by atoms with Gasteiger partial charge in [-0.25, -0.2) is 0 Å². The number of amides is 1. The summed E-state index contributed by atoms with van der Waals surface area (Å²) in [7, 11) is 3.67. The molecule has 3 N–H and O–H groups in total. The van der Waals surface area contributed by atoms with Crippen molar-refractivity contribution in [1.82, 2.24) is 4.90 Å². The van der Waals surface area contributed by atoms with Crippen molar-refractivity contribution in [2.75, 3.05) is 26.2 Å². The molecule has 7 nitrogen and oxygen atoms in total. The van der Waals surface area contributed by atoms with Crippen LogP contribution in [0.2, 0.25) is 0 Å².